The highest BCUT2D eigenvalue weighted by Gasteiger charge is 2.17. The number of aromatic amines is 1. The summed E-state index contributed by atoms with van der Waals surface area (Å²) in [7, 11) is 0. The van der Waals surface area contributed by atoms with Crippen molar-refractivity contribution < 1.29 is 4.79 Å². The molecule has 3 rings (SSSR count). The lowest BCUT2D eigenvalue weighted by Gasteiger charge is -2.04. The van der Waals surface area contributed by atoms with Crippen molar-refractivity contribution in [1.82, 2.24) is 19.7 Å². The van der Waals surface area contributed by atoms with E-state index in [1.165, 1.54) is 5.56 Å². The maximum Gasteiger partial charge on any atom is 0.247 e. The molecule has 3 aromatic rings. The topological polar surface area (TPSA) is 63.6 Å². The SMILES string of the molecule is CCCCCC(=O)n1nc(C)c(Cc2c[nH]c3ncccc23)c1C. The van der Waals surface area contributed by atoms with Crippen molar-refractivity contribution in [2.24, 2.45) is 0 Å². The highest BCUT2D eigenvalue weighted by Crippen LogP contribution is 2.23. The van der Waals surface area contributed by atoms with Crippen LogP contribution in [0.3, 0.4) is 0 Å². The summed E-state index contributed by atoms with van der Waals surface area (Å²) in [5, 5.41) is 5.61. The van der Waals surface area contributed by atoms with Gasteiger partial charge in [-0.1, -0.05) is 19.8 Å². The van der Waals surface area contributed by atoms with Crippen LogP contribution in [0.15, 0.2) is 24.5 Å². The van der Waals surface area contributed by atoms with Gasteiger partial charge in [0.15, 0.2) is 0 Å². The molecule has 5 nitrogen and oxygen atoms in total. The molecule has 24 heavy (non-hydrogen) atoms. The fourth-order valence-electron chi connectivity index (χ4n) is 3.16. The van der Waals surface area contributed by atoms with Crippen LogP contribution < -0.4 is 0 Å². The monoisotopic (exact) mass is 324 g/mol. The molecule has 0 spiro atoms. The normalized spacial score (nSPS) is 11.3. The van der Waals surface area contributed by atoms with Crippen molar-refractivity contribution in [3.63, 3.8) is 0 Å². The number of pyridine rings is 1. The summed E-state index contributed by atoms with van der Waals surface area (Å²) in [5.74, 6) is 0.0934. The zero-order valence-corrected chi connectivity index (χ0v) is 14.6. The van der Waals surface area contributed by atoms with E-state index in [1.54, 1.807) is 10.9 Å². The molecule has 0 atom stereocenters. The third kappa shape index (κ3) is 3.11. The van der Waals surface area contributed by atoms with Gasteiger partial charge >= 0.3 is 0 Å². The smallest absolute Gasteiger partial charge is 0.247 e. The van der Waals surface area contributed by atoms with E-state index in [0.717, 1.165) is 53.7 Å². The predicted molar refractivity (Wildman–Crippen MR) is 95.4 cm³/mol. The van der Waals surface area contributed by atoms with Gasteiger partial charge in [-0.2, -0.15) is 5.10 Å². The summed E-state index contributed by atoms with van der Waals surface area (Å²) in [4.78, 5) is 19.9. The number of unbranched alkanes of at least 4 members (excludes halogenated alkanes) is 2. The Bertz CT molecular complexity index is 860. The van der Waals surface area contributed by atoms with Gasteiger partial charge in [-0.25, -0.2) is 9.67 Å². The Morgan fingerprint density at radius 2 is 2.12 bits per heavy atom. The summed E-state index contributed by atoms with van der Waals surface area (Å²) in [6.45, 7) is 6.10. The molecule has 0 aliphatic rings. The zero-order valence-electron chi connectivity index (χ0n) is 14.6. The zero-order chi connectivity index (χ0) is 17.1. The number of aromatic nitrogens is 4. The second-order valence-electron chi connectivity index (χ2n) is 6.30. The van der Waals surface area contributed by atoms with Crippen LogP contribution in [0.25, 0.3) is 11.0 Å². The maximum atomic E-state index is 12.4. The molecule has 0 aromatic carbocycles. The first-order valence-corrected chi connectivity index (χ1v) is 8.61. The van der Waals surface area contributed by atoms with E-state index in [1.807, 2.05) is 26.1 Å². The molecule has 0 radical (unpaired) electrons. The van der Waals surface area contributed by atoms with Gasteiger partial charge in [0.2, 0.25) is 5.91 Å². The Hall–Kier alpha value is -2.43. The van der Waals surface area contributed by atoms with E-state index in [9.17, 15) is 4.79 Å². The molecule has 0 saturated carbocycles. The van der Waals surface area contributed by atoms with Gasteiger partial charge in [-0.05, 0) is 38.0 Å². The lowest BCUT2D eigenvalue weighted by atomic mass is 10.0. The molecule has 3 aromatic heterocycles. The quantitative estimate of drug-likeness (QED) is 0.692. The van der Waals surface area contributed by atoms with Crippen molar-refractivity contribution in [1.29, 1.82) is 0 Å². The fraction of sp³-hybridized carbons (Fsp3) is 0.421. The van der Waals surface area contributed by atoms with E-state index < -0.39 is 0 Å². The largest absolute Gasteiger partial charge is 0.346 e. The summed E-state index contributed by atoms with van der Waals surface area (Å²) in [6, 6.07) is 4.01. The molecule has 0 aliphatic heterocycles. The van der Waals surface area contributed by atoms with Gasteiger partial charge < -0.3 is 4.98 Å². The standard InChI is InChI=1S/C19H24N4O/c1-4-5-6-9-18(24)23-14(3)17(13(2)22-23)11-15-12-21-19-16(15)8-7-10-20-19/h7-8,10,12H,4-6,9,11H2,1-3H3,(H,20,21). The number of rotatable bonds is 6. The summed E-state index contributed by atoms with van der Waals surface area (Å²) in [5.41, 5.74) is 5.08. The average molecular weight is 324 g/mol. The Kier molecular flexibility index (Phi) is 4.79. The van der Waals surface area contributed by atoms with Crippen LogP contribution in [0.4, 0.5) is 0 Å². The minimum Gasteiger partial charge on any atom is -0.346 e. The number of fused-ring (bicyclic) bond motifs is 1. The first-order chi connectivity index (χ1) is 11.6. The third-order valence-corrected chi connectivity index (χ3v) is 4.58. The number of carbonyl (C=O) groups excluding carboxylic acids is 1. The maximum absolute atomic E-state index is 12.4. The lowest BCUT2D eigenvalue weighted by molar-refractivity contribution is 0.0880. The van der Waals surface area contributed by atoms with Crippen LogP contribution in [0.1, 0.15) is 59.9 Å². The van der Waals surface area contributed by atoms with Crippen molar-refractivity contribution in [2.45, 2.75) is 52.9 Å². The van der Waals surface area contributed by atoms with Crippen LogP contribution in [-0.2, 0) is 6.42 Å². The second-order valence-corrected chi connectivity index (χ2v) is 6.30. The van der Waals surface area contributed by atoms with Gasteiger partial charge in [-0.15, -0.1) is 0 Å². The van der Waals surface area contributed by atoms with Gasteiger partial charge in [0.25, 0.3) is 0 Å². The van der Waals surface area contributed by atoms with E-state index in [-0.39, 0.29) is 5.91 Å². The number of nitrogens with one attached hydrogen (secondary N) is 1. The van der Waals surface area contributed by atoms with Gasteiger partial charge in [0.05, 0.1) is 5.69 Å². The van der Waals surface area contributed by atoms with Gasteiger partial charge in [0, 0.05) is 41.9 Å². The van der Waals surface area contributed by atoms with E-state index >= 15 is 0 Å². The summed E-state index contributed by atoms with van der Waals surface area (Å²) in [6.07, 6.45) is 8.22. The van der Waals surface area contributed by atoms with E-state index in [4.69, 9.17) is 0 Å². The van der Waals surface area contributed by atoms with Crippen LogP contribution >= 0.6 is 0 Å². The molecule has 0 bridgehead atoms. The second kappa shape index (κ2) is 6.99. The van der Waals surface area contributed by atoms with Crippen LogP contribution in [0.5, 0.6) is 0 Å². The van der Waals surface area contributed by atoms with Crippen LogP contribution in [-0.4, -0.2) is 25.7 Å². The van der Waals surface area contributed by atoms with Crippen LogP contribution in [0, 0.1) is 13.8 Å². The van der Waals surface area contributed by atoms with Crippen molar-refractivity contribution in [3.05, 3.63) is 47.0 Å². The molecular formula is C19H24N4O. The third-order valence-electron chi connectivity index (χ3n) is 4.58. The fourth-order valence-corrected chi connectivity index (χ4v) is 3.16. The first-order valence-electron chi connectivity index (χ1n) is 8.61. The van der Waals surface area contributed by atoms with Crippen molar-refractivity contribution in [3.8, 4) is 0 Å². The first kappa shape index (κ1) is 16.4. The molecule has 126 valence electrons. The van der Waals surface area contributed by atoms with Crippen LogP contribution in [0.2, 0.25) is 0 Å². The Balaban J connectivity index is 1.85. The number of H-pyrrole nitrogens is 1. The van der Waals surface area contributed by atoms with E-state index in [2.05, 4.69) is 28.1 Å². The van der Waals surface area contributed by atoms with Crippen molar-refractivity contribution >= 4 is 16.9 Å². The number of hydrogen-bond acceptors (Lipinski definition) is 3. The minimum atomic E-state index is 0.0934. The number of nitrogens with zero attached hydrogens (tertiary/aromatic N) is 3. The minimum absolute atomic E-state index is 0.0934. The summed E-state index contributed by atoms with van der Waals surface area (Å²) >= 11 is 0. The van der Waals surface area contributed by atoms with E-state index in [0.29, 0.717) is 6.42 Å². The molecule has 0 fully saturated rings. The Morgan fingerprint density at radius 1 is 1.29 bits per heavy atom. The molecule has 0 unspecified atom stereocenters. The summed E-state index contributed by atoms with van der Waals surface area (Å²) < 4.78 is 1.59. The molecule has 1 N–H and O–H groups in total. The highest BCUT2D eigenvalue weighted by atomic mass is 16.2. The predicted octanol–water partition coefficient (Wildman–Crippen LogP) is 4.19. The van der Waals surface area contributed by atoms with Gasteiger partial charge in [0.1, 0.15) is 5.65 Å². The molecule has 0 saturated heterocycles. The average Bonchev–Trinajstić information content (AvgIpc) is 3.11. The molecule has 5 heteroatoms. The van der Waals surface area contributed by atoms with Gasteiger partial charge in [-0.3, -0.25) is 4.79 Å². The molecule has 0 amide bonds. The molecular weight excluding hydrogens is 300 g/mol. The molecule has 3 heterocycles. The number of aryl methyl sites for hydroxylation is 1. The Morgan fingerprint density at radius 3 is 2.92 bits per heavy atom. The number of carbonyl (C=O) groups is 1. The molecule has 0 aliphatic carbocycles. The Labute approximate surface area is 142 Å². The lowest BCUT2D eigenvalue weighted by Crippen LogP contribution is -2.14. The highest BCUT2D eigenvalue weighted by molar-refractivity contribution is 5.81. The number of hydrogen-bond donors (Lipinski definition) is 1. The van der Waals surface area contributed by atoms with Crippen molar-refractivity contribution in [2.75, 3.05) is 0 Å².